The molecule has 1 N–H and O–H groups in total. The number of aryl methyl sites for hydroxylation is 2. The van der Waals surface area contributed by atoms with Gasteiger partial charge in [-0.25, -0.2) is 0 Å². The molecule has 0 bridgehead atoms. The summed E-state index contributed by atoms with van der Waals surface area (Å²) in [6.07, 6.45) is 3.08. The van der Waals surface area contributed by atoms with E-state index in [-0.39, 0.29) is 12.5 Å². The molecule has 3 heteroatoms. The number of carbonyl (C=O) groups excluding carboxylic acids is 1. The number of carbonyl (C=O) groups is 1. The zero-order valence-electron chi connectivity index (χ0n) is 14.4. The SMILES string of the molecule is CCc1ccc(CCC(=O)N(CCO)CCc2ccccc2)cc1. The monoisotopic (exact) mass is 325 g/mol. The van der Waals surface area contributed by atoms with Crippen LogP contribution in [0.2, 0.25) is 0 Å². The summed E-state index contributed by atoms with van der Waals surface area (Å²) in [6.45, 7) is 3.20. The Kier molecular flexibility index (Phi) is 7.50. The molecule has 0 unspecified atom stereocenters. The van der Waals surface area contributed by atoms with Gasteiger partial charge in [0.2, 0.25) is 5.91 Å². The highest BCUT2D eigenvalue weighted by Crippen LogP contribution is 2.09. The standard InChI is InChI=1S/C21H27NO2/c1-2-18-8-10-20(11-9-18)12-13-21(24)22(16-17-23)15-14-19-6-4-3-5-7-19/h3-11,23H,2,12-17H2,1H3. The van der Waals surface area contributed by atoms with Crippen molar-refractivity contribution < 1.29 is 9.90 Å². The van der Waals surface area contributed by atoms with Crippen molar-refractivity contribution in [3.8, 4) is 0 Å². The molecule has 0 aliphatic heterocycles. The van der Waals surface area contributed by atoms with Crippen LogP contribution in [0, 0.1) is 0 Å². The second kappa shape index (κ2) is 9.89. The van der Waals surface area contributed by atoms with Crippen LogP contribution >= 0.6 is 0 Å². The molecular weight excluding hydrogens is 298 g/mol. The first-order valence-electron chi connectivity index (χ1n) is 8.73. The molecule has 0 aromatic heterocycles. The molecule has 0 saturated heterocycles. The molecule has 2 aromatic rings. The predicted molar refractivity (Wildman–Crippen MR) is 98.0 cm³/mol. The van der Waals surface area contributed by atoms with Gasteiger partial charge >= 0.3 is 0 Å². The van der Waals surface area contributed by atoms with E-state index in [1.165, 1.54) is 16.7 Å². The van der Waals surface area contributed by atoms with E-state index in [4.69, 9.17) is 0 Å². The van der Waals surface area contributed by atoms with Gasteiger partial charge < -0.3 is 10.0 Å². The lowest BCUT2D eigenvalue weighted by Gasteiger charge is -2.22. The Morgan fingerprint density at radius 1 is 0.875 bits per heavy atom. The molecule has 1 amide bonds. The maximum absolute atomic E-state index is 12.5. The molecule has 128 valence electrons. The summed E-state index contributed by atoms with van der Waals surface area (Å²) in [5.41, 5.74) is 3.71. The second-order valence-electron chi connectivity index (χ2n) is 6.01. The lowest BCUT2D eigenvalue weighted by atomic mass is 10.1. The van der Waals surface area contributed by atoms with Crippen molar-refractivity contribution in [1.82, 2.24) is 4.90 Å². The topological polar surface area (TPSA) is 40.5 Å². The molecule has 0 atom stereocenters. The summed E-state index contributed by atoms with van der Waals surface area (Å²) < 4.78 is 0. The van der Waals surface area contributed by atoms with Crippen molar-refractivity contribution in [2.45, 2.75) is 32.6 Å². The summed E-state index contributed by atoms with van der Waals surface area (Å²) in [7, 11) is 0. The lowest BCUT2D eigenvalue weighted by molar-refractivity contribution is -0.131. The number of hydrogen-bond donors (Lipinski definition) is 1. The lowest BCUT2D eigenvalue weighted by Crippen LogP contribution is -2.35. The fraction of sp³-hybridized carbons (Fsp3) is 0.381. The zero-order valence-corrected chi connectivity index (χ0v) is 14.4. The van der Waals surface area contributed by atoms with E-state index in [9.17, 15) is 9.90 Å². The van der Waals surface area contributed by atoms with E-state index in [0.717, 1.165) is 19.3 Å². The van der Waals surface area contributed by atoms with Gasteiger partial charge in [0.05, 0.1) is 6.61 Å². The normalized spacial score (nSPS) is 10.6. The third kappa shape index (κ3) is 5.82. The predicted octanol–water partition coefficient (Wildman–Crippen LogP) is 3.25. The summed E-state index contributed by atoms with van der Waals surface area (Å²) >= 11 is 0. The third-order valence-electron chi connectivity index (χ3n) is 4.29. The van der Waals surface area contributed by atoms with Crippen LogP contribution in [0.1, 0.15) is 30.0 Å². The van der Waals surface area contributed by atoms with Crippen LogP contribution in [0.15, 0.2) is 54.6 Å². The minimum absolute atomic E-state index is 0.00568. The molecule has 0 aliphatic rings. The van der Waals surface area contributed by atoms with Crippen LogP contribution in [0.4, 0.5) is 0 Å². The number of aliphatic hydroxyl groups is 1. The maximum Gasteiger partial charge on any atom is 0.222 e. The molecule has 24 heavy (non-hydrogen) atoms. The highest BCUT2D eigenvalue weighted by Gasteiger charge is 2.13. The zero-order chi connectivity index (χ0) is 17.2. The highest BCUT2D eigenvalue weighted by atomic mass is 16.3. The van der Waals surface area contributed by atoms with Gasteiger partial charge in [0.25, 0.3) is 0 Å². The van der Waals surface area contributed by atoms with Crippen LogP contribution < -0.4 is 0 Å². The van der Waals surface area contributed by atoms with Crippen LogP contribution in [-0.4, -0.2) is 35.6 Å². The van der Waals surface area contributed by atoms with Gasteiger partial charge in [-0.1, -0.05) is 61.5 Å². The minimum atomic E-state index is 0.00568. The van der Waals surface area contributed by atoms with Gasteiger partial charge in [0.15, 0.2) is 0 Å². The Labute approximate surface area is 144 Å². The van der Waals surface area contributed by atoms with Crippen molar-refractivity contribution in [1.29, 1.82) is 0 Å². The van der Waals surface area contributed by atoms with Gasteiger partial charge in [-0.2, -0.15) is 0 Å². The number of nitrogens with zero attached hydrogens (tertiary/aromatic N) is 1. The van der Waals surface area contributed by atoms with E-state index >= 15 is 0 Å². The average Bonchev–Trinajstić information content (AvgIpc) is 2.64. The Hall–Kier alpha value is -2.13. The molecule has 0 fully saturated rings. The Morgan fingerprint density at radius 3 is 2.12 bits per heavy atom. The molecular formula is C21H27NO2. The number of benzene rings is 2. The van der Waals surface area contributed by atoms with Crippen molar-refractivity contribution >= 4 is 5.91 Å². The van der Waals surface area contributed by atoms with Crippen LogP contribution in [-0.2, 0) is 24.1 Å². The molecule has 3 nitrogen and oxygen atoms in total. The van der Waals surface area contributed by atoms with Crippen molar-refractivity contribution in [3.05, 3.63) is 71.3 Å². The van der Waals surface area contributed by atoms with Crippen LogP contribution in [0.3, 0.4) is 0 Å². The van der Waals surface area contributed by atoms with Crippen molar-refractivity contribution in [3.63, 3.8) is 0 Å². The summed E-state index contributed by atoms with van der Waals surface area (Å²) in [4.78, 5) is 14.2. The fourth-order valence-electron chi connectivity index (χ4n) is 2.74. The first kappa shape index (κ1) is 18.2. The van der Waals surface area contributed by atoms with Gasteiger partial charge in [-0.3, -0.25) is 4.79 Å². The molecule has 0 heterocycles. The Morgan fingerprint density at radius 2 is 1.50 bits per heavy atom. The van der Waals surface area contributed by atoms with Crippen molar-refractivity contribution in [2.75, 3.05) is 19.7 Å². The van der Waals surface area contributed by atoms with Gasteiger partial charge in [-0.15, -0.1) is 0 Å². The van der Waals surface area contributed by atoms with Crippen LogP contribution in [0.25, 0.3) is 0 Å². The molecule has 2 rings (SSSR count). The summed E-state index contributed by atoms with van der Waals surface area (Å²) in [6, 6.07) is 18.6. The van der Waals surface area contributed by atoms with Gasteiger partial charge in [0, 0.05) is 19.5 Å². The summed E-state index contributed by atoms with van der Waals surface area (Å²) in [5, 5.41) is 9.23. The van der Waals surface area contributed by atoms with Gasteiger partial charge in [-0.05, 0) is 36.0 Å². The third-order valence-corrected chi connectivity index (χ3v) is 4.29. The van der Waals surface area contributed by atoms with Gasteiger partial charge in [0.1, 0.15) is 0 Å². The first-order chi connectivity index (χ1) is 11.7. The maximum atomic E-state index is 12.5. The van der Waals surface area contributed by atoms with Crippen molar-refractivity contribution in [2.24, 2.45) is 0 Å². The van der Waals surface area contributed by atoms with E-state index in [1.54, 1.807) is 4.90 Å². The molecule has 0 aliphatic carbocycles. The first-order valence-corrected chi connectivity index (χ1v) is 8.73. The summed E-state index contributed by atoms with van der Waals surface area (Å²) in [5.74, 6) is 0.111. The van der Waals surface area contributed by atoms with E-state index in [1.807, 2.05) is 18.2 Å². The molecule has 0 saturated carbocycles. The highest BCUT2D eigenvalue weighted by molar-refractivity contribution is 5.76. The smallest absolute Gasteiger partial charge is 0.222 e. The molecule has 0 spiro atoms. The fourth-order valence-corrected chi connectivity index (χ4v) is 2.74. The van der Waals surface area contributed by atoms with Crippen LogP contribution in [0.5, 0.6) is 0 Å². The Balaban J connectivity index is 1.85. The molecule has 2 aromatic carbocycles. The second-order valence-corrected chi connectivity index (χ2v) is 6.01. The number of hydrogen-bond acceptors (Lipinski definition) is 2. The van der Waals surface area contributed by atoms with E-state index in [0.29, 0.717) is 19.5 Å². The minimum Gasteiger partial charge on any atom is -0.395 e. The quantitative estimate of drug-likeness (QED) is 0.769. The number of amides is 1. The largest absolute Gasteiger partial charge is 0.395 e. The van der Waals surface area contributed by atoms with E-state index in [2.05, 4.69) is 43.3 Å². The number of aliphatic hydroxyl groups excluding tert-OH is 1. The molecule has 0 radical (unpaired) electrons. The van der Waals surface area contributed by atoms with E-state index < -0.39 is 0 Å². The Bertz CT molecular complexity index is 607. The number of rotatable bonds is 9. The average molecular weight is 325 g/mol.